The maximum atomic E-state index is 12.4. The lowest BCUT2D eigenvalue weighted by atomic mass is 10.2. The first kappa shape index (κ1) is 29.7. The Kier molecular flexibility index (Phi) is 9.36. The Morgan fingerprint density at radius 2 is 1.69 bits per heavy atom. The van der Waals surface area contributed by atoms with Crippen LogP contribution in [0.3, 0.4) is 0 Å². The second-order valence-electron chi connectivity index (χ2n) is 7.86. The van der Waals surface area contributed by atoms with Crippen LogP contribution >= 0.6 is 0 Å². The van der Waals surface area contributed by atoms with Gasteiger partial charge in [-0.05, 0) is 31.3 Å². The normalized spacial score (nSPS) is 13.8. The van der Waals surface area contributed by atoms with E-state index in [0.717, 1.165) is 5.69 Å². The molecule has 12 nitrogen and oxygen atoms in total. The van der Waals surface area contributed by atoms with E-state index in [2.05, 4.69) is 24.9 Å². The van der Waals surface area contributed by atoms with Gasteiger partial charge in [-0.15, -0.1) is 0 Å². The summed E-state index contributed by atoms with van der Waals surface area (Å²) in [5.41, 5.74) is 2.13. The van der Waals surface area contributed by atoms with Crippen molar-refractivity contribution in [3.63, 3.8) is 0 Å². The summed E-state index contributed by atoms with van der Waals surface area (Å²) in [5, 5.41) is 11.1. The maximum Gasteiger partial charge on any atom is 0.490 e. The molecule has 0 unspecified atom stereocenters. The number of nitrogens with zero attached hydrogens (tertiary/aromatic N) is 3. The van der Waals surface area contributed by atoms with Crippen molar-refractivity contribution < 1.29 is 45.7 Å². The van der Waals surface area contributed by atoms with E-state index in [0.29, 0.717) is 60.2 Å². The fourth-order valence-electron chi connectivity index (χ4n) is 3.59. The molecule has 3 N–H and O–H groups in total. The van der Waals surface area contributed by atoms with Gasteiger partial charge in [0.1, 0.15) is 12.1 Å². The highest BCUT2D eigenvalue weighted by atomic mass is 32.2. The number of halogens is 3. The number of aliphatic carboxylic acids is 1. The van der Waals surface area contributed by atoms with Gasteiger partial charge in [0.25, 0.3) is 0 Å². The van der Waals surface area contributed by atoms with Gasteiger partial charge in [-0.25, -0.2) is 27.9 Å². The molecular weight excluding hydrogens is 547 g/mol. The molecule has 2 heterocycles. The van der Waals surface area contributed by atoms with E-state index in [1.54, 1.807) is 44.6 Å². The van der Waals surface area contributed by atoms with E-state index >= 15 is 0 Å². The molecular formula is C23H26F3N5O7S. The molecule has 212 valence electrons. The second kappa shape index (κ2) is 12.3. The number of fused-ring (bicyclic) bond motifs is 1. The summed E-state index contributed by atoms with van der Waals surface area (Å²) in [6, 6.07) is 8.55. The van der Waals surface area contributed by atoms with Crippen molar-refractivity contribution in [2.24, 2.45) is 0 Å². The maximum absolute atomic E-state index is 12.4. The summed E-state index contributed by atoms with van der Waals surface area (Å²) < 4.78 is 75.2. The van der Waals surface area contributed by atoms with Gasteiger partial charge >= 0.3 is 12.1 Å². The Labute approximate surface area is 221 Å². The third-order valence-corrected chi connectivity index (χ3v) is 6.95. The zero-order valence-corrected chi connectivity index (χ0v) is 21.9. The van der Waals surface area contributed by atoms with E-state index in [1.807, 2.05) is 0 Å². The molecule has 0 atom stereocenters. The molecule has 2 aromatic carbocycles. The first-order chi connectivity index (χ1) is 18.4. The Bertz CT molecular complexity index is 1430. The topological polar surface area (TPSA) is 152 Å². The highest BCUT2D eigenvalue weighted by molar-refractivity contribution is 7.89. The number of carboxylic acids is 1. The molecule has 16 heteroatoms. The number of carbonyl (C=O) groups is 1. The van der Waals surface area contributed by atoms with Gasteiger partial charge in [-0.2, -0.15) is 13.2 Å². The molecule has 0 spiro atoms. The van der Waals surface area contributed by atoms with Gasteiger partial charge in [-0.1, -0.05) is 0 Å². The van der Waals surface area contributed by atoms with Gasteiger partial charge in [0.15, 0.2) is 11.5 Å². The predicted octanol–water partition coefficient (Wildman–Crippen LogP) is 2.77. The number of hydrogen-bond donors (Lipinski definition) is 3. The largest absolute Gasteiger partial charge is 0.493 e. The minimum atomic E-state index is -5.08. The number of carboxylic acid groups (broad SMARTS) is 1. The molecule has 4 rings (SSSR count). The van der Waals surface area contributed by atoms with Crippen molar-refractivity contribution in [2.75, 3.05) is 57.8 Å². The first-order valence-corrected chi connectivity index (χ1v) is 12.7. The number of alkyl halides is 3. The molecule has 39 heavy (non-hydrogen) atoms. The molecule has 0 amide bonds. The van der Waals surface area contributed by atoms with Crippen LogP contribution in [-0.4, -0.2) is 83.2 Å². The van der Waals surface area contributed by atoms with Crippen molar-refractivity contribution in [1.29, 1.82) is 0 Å². The number of anilines is 3. The molecule has 0 bridgehead atoms. The van der Waals surface area contributed by atoms with E-state index in [-0.39, 0.29) is 4.90 Å². The number of benzene rings is 2. The van der Waals surface area contributed by atoms with Crippen molar-refractivity contribution in [3.05, 3.63) is 36.7 Å². The van der Waals surface area contributed by atoms with Gasteiger partial charge in [0.05, 0.1) is 49.2 Å². The average Bonchev–Trinajstić information content (AvgIpc) is 2.92. The molecule has 1 aliphatic heterocycles. The molecule has 1 saturated heterocycles. The molecule has 1 aliphatic rings. The fourth-order valence-corrected chi connectivity index (χ4v) is 4.35. The van der Waals surface area contributed by atoms with Crippen molar-refractivity contribution in [2.45, 2.75) is 11.1 Å². The number of methoxy groups -OCH3 is 2. The quantitative estimate of drug-likeness (QED) is 0.383. The lowest BCUT2D eigenvalue weighted by Crippen LogP contribution is -2.36. The number of rotatable bonds is 7. The molecule has 0 aliphatic carbocycles. The number of sulfonamides is 1. The summed E-state index contributed by atoms with van der Waals surface area (Å²) in [6.07, 6.45) is -3.64. The third kappa shape index (κ3) is 7.15. The molecule has 1 aromatic heterocycles. The fraction of sp³-hybridized carbons (Fsp3) is 0.348. The highest BCUT2D eigenvalue weighted by Crippen LogP contribution is 2.37. The van der Waals surface area contributed by atoms with E-state index < -0.39 is 22.2 Å². The van der Waals surface area contributed by atoms with Crippen molar-refractivity contribution >= 4 is 44.1 Å². The third-order valence-electron chi connectivity index (χ3n) is 5.54. The SMILES string of the molecule is CNS(=O)(=O)c1ccc(N2CCOCC2)c(Nc2ncnc3cc(OC)c(OC)cc23)c1.O=C(O)C(F)(F)F. The van der Waals surface area contributed by atoms with Crippen LogP contribution in [0.4, 0.5) is 30.4 Å². The predicted molar refractivity (Wildman–Crippen MR) is 135 cm³/mol. The van der Waals surface area contributed by atoms with Crippen LogP contribution < -0.4 is 24.4 Å². The summed E-state index contributed by atoms with van der Waals surface area (Å²) in [6.45, 7) is 2.59. The molecule has 3 aromatic rings. The zero-order valence-electron chi connectivity index (χ0n) is 21.1. The molecule has 1 fully saturated rings. The Hall–Kier alpha value is -3.89. The minimum absolute atomic E-state index is 0.150. The zero-order chi connectivity index (χ0) is 28.8. The second-order valence-corrected chi connectivity index (χ2v) is 9.75. The lowest BCUT2D eigenvalue weighted by molar-refractivity contribution is -0.192. The van der Waals surface area contributed by atoms with Gasteiger partial charge < -0.3 is 29.5 Å². The van der Waals surface area contributed by atoms with Gasteiger partial charge in [0.2, 0.25) is 10.0 Å². The summed E-state index contributed by atoms with van der Waals surface area (Å²) >= 11 is 0. The highest BCUT2D eigenvalue weighted by Gasteiger charge is 2.38. The first-order valence-electron chi connectivity index (χ1n) is 11.3. The van der Waals surface area contributed by atoms with E-state index in [4.69, 9.17) is 24.1 Å². The number of nitrogens with one attached hydrogen (secondary N) is 2. The minimum Gasteiger partial charge on any atom is -0.493 e. The molecule has 0 radical (unpaired) electrons. The Morgan fingerprint density at radius 1 is 1.08 bits per heavy atom. The number of hydrogen-bond acceptors (Lipinski definition) is 10. The monoisotopic (exact) mass is 573 g/mol. The lowest BCUT2D eigenvalue weighted by Gasteiger charge is -2.31. The summed E-state index contributed by atoms with van der Waals surface area (Å²) in [4.78, 5) is 19.9. The summed E-state index contributed by atoms with van der Waals surface area (Å²) in [5.74, 6) is -1.14. The van der Waals surface area contributed by atoms with Crippen LogP contribution in [0.1, 0.15) is 0 Å². The van der Waals surface area contributed by atoms with Gasteiger partial charge in [-0.3, -0.25) is 0 Å². The van der Waals surface area contributed by atoms with Crippen LogP contribution in [0, 0.1) is 0 Å². The summed E-state index contributed by atoms with van der Waals surface area (Å²) in [7, 11) is 0.880. The van der Waals surface area contributed by atoms with Gasteiger partial charge in [0, 0.05) is 24.5 Å². The number of morpholine rings is 1. The van der Waals surface area contributed by atoms with Crippen LogP contribution in [0.25, 0.3) is 10.9 Å². The Balaban J connectivity index is 0.000000532. The molecule has 0 saturated carbocycles. The van der Waals surface area contributed by atoms with Crippen molar-refractivity contribution in [3.8, 4) is 11.5 Å². The van der Waals surface area contributed by atoms with E-state index in [1.165, 1.54) is 13.4 Å². The number of aromatic nitrogens is 2. The van der Waals surface area contributed by atoms with Crippen LogP contribution in [0.15, 0.2) is 41.6 Å². The van der Waals surface area contributed by atoms with Crippen molar-refractivity contribution in [1.82, 2.24) is 14.7 Å². The number of ether oxygens (including phenoxy) is 3. The smallest absolute Gasteiger partial charge is 0.490 e. The van der Waals surface area contributed by atoms with E-state index in [9.17, 15) is 21.6 Å². The van der Waals surface area contributed by atoms with Crippen LogP contribution in [0.2, 0.25) is 0 Å². The standard InChI is InChI=1S/C21H25N5O5S.C2HF3O2/c1-22-32(27,28)14-4-5-18(26-6-8-31-9-7-26)17(10-14)25-21-15-11-19(29-2)20(30-3)12-16(15)23-13-24-21;3-2(4,5)1(6)7/h4-5,10-13,22H,6-9H2,1-3H3,(H,23,24,25);(H,6,7). The Morgan fingerprint density at radius 3 is 2.26 bits per heavy atom. The van der Waals surface area contributed by atoms with Crippen LogP contribution in [0.5, 0.6) is 11.5 Å². The average molecular weight is 574 g/mol. The van der Waals surface area contributed by atoms with Crippen LogP contribution in [-0.2, 0) is 19.6 Å².